The van der Waals surface area contributed by atoms with Gasteiger partial charge in [0.15, 0.2) is 0 Å². The van der Waals surface area contributed by atoms with Crippen molar-refractivity contribution in [3.05, 3.63) is 35.6 Å². The molecule has 1 aromatic carbocycles. The average Bonchev–Trinajstić information content (AvgIpc) is 2.53. The lowest BCUT2D eigenvalue weighted by Gasteiger charge is -2.31. The Morgan fingerprint density at radius 2 is 1.82 bits per heavy atom. The van der Waals surface area contributed by atoms with Gasteiger partial charge in [-0.3, -0.25) is 9.59 Å². The molecule has 1 heterocycles. The molecule has 0 unspecified atom stereocenters. The van der Waals surface area contributed by atoms with Crippen molar-refractivity contribution in [2.45, 2.75) is 19.4 Å². The molecule has 2 rings (SSSR count). The van der Waals surface area contributed by atoms with E-state index in [-0.39, 0.29) is 42.5 Å². The Morgan fingerprint density at radius 1 is 1.23 bits per heavy atom. The number of hydrogen-bond donors (Lipinski definition) is 2. The zero-order chi connectivity index (χ0) is 15.2. The van der Waals surface area contributed by atoms with Crippen molar-refractivity contribution < 1.29 is 14.0 Å². The zero-order valence-electron chi connectivity index (χ0n) is 12.3. The van der Waals surface area contributed by atoms with Crippen molar-refractivity contribution in [1.29, 1.82) is 0 Å². The van der Waals surface area contributed by atoms with Gasteiger partial charge in [-0.15, -0.1) is 12.4 Å². The normalized spacial score (nSPS) is 15.1. The van der Waals surface area contributed by atoms with Gasteiger partial charge in [0.2, 0.25) is 11.8 Å². The highest BCUT2D eigenvalue weighted by atomic mass is 35.5. The second-order valence-corrected chi connectivity index (χ2v) is 5.20. The minimum atomic E-state index is -0.290. The number of rotatable bonds is 4. The van der Waals surface area contributed by atoms with Gasteiger partial charge in [-0.2, -0.15) is 0 Å². The summed E-state index contributed by atoms with van der Waals surface area (Å²) in [5.74, 6) is -0.450. The molecule has 122 valence electrons. The van der Waals surface area contributed by atoms with E-state index >= 15 is 0 Å². The summed E-state index contributed by atoms with van der Waals surface area (Å²) in [6.45, 7) is 1.55. The van der Waals surface area contributed by atoms with Crippen LogP contribution in [-0.4, -0.2) is 36.3 Å². The van der Waals surface area contributed by atoms with Crippen molar-refractivity contribution in [2.24, 2.45) is 11.7 Å². The number of carbonyl (C=O) groups excluding carboxylic acids is 2. The highest BCUT2D eigenvalue weighted by molar-refractivity contribution is 5.85. The van der Waals surface area contributed by atoms with E-state index in [0.29, 0.717) is 32.5 Å². The molecule has 2 amide bonds. The monoisotopic (exact) mass is 329 g/mol. The molecular formula is C15H21ClFN3O2. The van der Waals surface area contributed by atoms with Gasteiger partial charge < -0.3 is 16.0 Å². The quantitative estimate of drug-likeness (QED) is 0.867. The number of likely N-dealkylation sites (tertiary alicyclic amines) is 1. The lowest BCUT2D eigenvalue weighted by molar-refractivity contribution is -0.134. The largest absolute Gasteiger partial charge is 0.352 e. The van der Waals surface area contributed by atoms with E-state index in [9.17, 15) is 14.0 Å². The van der Waals surface area contributed by atoms with Crippen LogP contribution in [0.1, 0.15) is 18.4 Å². The summed E-state index contributed by atoms with van der Waals surface area (Å²) in [7, 11) is 0. The molecule has 0 spiro atoms. The van der Waals surface area contributed by atoms with E-state index in [2.05, 4.69) is 5.32 Å². The van der Waals surface area contributed by atoms with Crippen LogP contribution in [-0.2, 0) is 16.1 Å². The van der Waals surface area contributed by atoms with Crippen LogP contribution < -0.4 is 11.1 Å². The van der Waals surface area contributed by atoms with Gasteiger partial charge in [-0.25, -0.2) is 4.39 Å². The summed E-state index contributed by atoms with van der Waals surface area (Å²) in [5, 5.41) is 2.86. The van der Waals surface area contributed by atoms with Crippen molar-refractivity contribution in [2.75, 3.05) is 19.6 Å². The topological polar surface area (TPSA) is 75.4 Å². The smallest absolute Gasteiger partial charge is 0.236 e. The number of nitrogens with two attached hydrogens (primary N) is 1. The molecule has 0 radical (unpaired) electrons. The van der Waals surface area contributed by atoms with E-state index in [1.165, 1.54) is 12.1 Å². The second kappa shape index (κ2) is 8.70. The van der Waals surface area contributed by atoms with Crippen molar-refractivity contribution >= 4 is 24.2 Å². The number of carbonyl (C=O) groups is 2. The number of halogens is 2. The molecular weight excluding hydrogens is 309 g/mol. The Hall–Kier alpha value is -1.66. The molecule has 1 aromatic rings. The number of benzene rings is 1. The maximum Gasteiger partial charge on any atom is 0.236 e. The number of amides is 2. The average molecular weight is 330 g/mol. The predicted molar refractivity (Wildman–Crippen MR) is 83.9 cm³/mol. The molecule has 5 nitrogen and oxygen atoms in total. The number of nitrogens with one attached hydrogen (secondary N) is 1. The molecule has 7 heteroatoms. The SMILES string of the molecule is Cl.NCC(=O)N1CCC(C(=O)NCc2ccc(F)cc2)CC1. The summed E-state index contributed by atoms with van der Waals surface area (Å²) < 4.78 is 12.8. The lowest BCUT2D eigenvalue weighted by atomic mass is 9.95. The fourth-order valence-electron chi connectivity index (χ4n) is 2.46. The molecule has 1 fully saturated rings. The molecule has 3 N–H and O–H groups in total. The predicted octanol–water partition coefficient (Wildman–Crippen LogP) is 1.06. The highest BCUT2D eigenvalue weighted by Crippen LogP contribution is 2.17. The minimum absolute atomic E-state index is 0. The lowest BCUT2D eigenvalue weighted by Crippen LogP contribution is -2.44. The molecule has 0 saturated carbocycles. The molecule has 1 aliphatic rings. The maximum atomic E-state index is 12.8. The highest BCUT2D eigenvalue weighted by Gasteiger charge is 2.26. The van der Waals surface area contributed by atoms with Gasteiger partial charge >= 0.3 is 0 Å². The first-order chi connectivity index (χ1) is 10.1. The molecule has 0 aliphatic carbocycles. The van der Waals surface area contributed by atoms with Crippen LogP contribution in [0.3, 0.4) is 0 Å². The van der Waals surface area contributed by atoms with Crippen LogP contribution in [0.25, 0.3) is 0 Å². The van der Waals surface area contributed by atoms with Gasteiger partial charge in [0.1, 0.15) is 5.82 Å². The Kier molecular flexibility index (Phi) is 7.27. The third-order valence-corrected chi connectivity index (χ3v) is 3.77. The Morgan fingerprint density at radius 3 is 2.36 bits per heavy atom. The van der Waals surface area contributed by atoms with Crippen LogP contribution in [0.15, 0.2) is 24.3 Å². The second-order valence-electron chi connectivity index (χ2n) is 5.20. The summed E-state index contributed by atoms with van der Waals surface area (Å²) in [6, 6.07) is 6.05. The molecule has 0 bridgehead atoms. The molecule has 0 aromatic heterocycles. The van der Waals surface area contributed by atoms with E-state index in [1.54, 1.807) is 17.0 Å². The molecule has 0 atom stereocenters. The van der Waals surface area contributed by atoms with Crippen LogP contribution in [0.5, 0.6) is 0 Å². The van der Waals surface area contributed by atoms with Gasteiger partial charge in [-0.1, -0.05) is 12.1 Å². The number of nitrogens with zero attached hydrogens (tertiary/aromatic N) is 1. The first kappa shape index (κ1) is 18.4. The third kappa shape index (κ3) is 4.96. The number of piperidine rings is 1. The van der Waals surface area contributed by atoms with Crippen molar-refractivity contribution in [3.63, 3.8) is 0 Å². The minimum Gasteiger partial charge on any atom is -0.352 e. The third-order valence-electron chi connectivity index (χ3n) is 3.77. The van der Waals surface area contributed by atoms with E-state index in [4.69, 9.17) is 5.73 Å². The van der Waals surface area contributed by atoms with Gasteiger partial charge in [0, 0.05) is 25.6 Å². The molecule has 1 saturated heterocycles. The van der Waals surface area contributed by atoms with Gasteiger partial charge in [0.05, 0.1) is 6.54 Å². The van der Waals surface area contributed by atoms with Crippen LogP contribution >= 0.6 is 12.4 Å². The summed E-state index contributed by atoms with van der Waals surface area (Å²) >= 11 is 0. The summed E-state index contributed by atoms with van der Waals surface area (Å²) in [6.07, 6.45) is 1.31. The fourth-order valence-corrected chi connectivity index (χ4v) is 2.46. The Balaban J connectivity index is 0.00000242. The number of hydrogen-bond acceptors (Lipinski definition) is 3. The van der Waals surface area contributed by atoms with Crippen LogP contribution in [0.4, 0.5) is 4.39 Å². The van der Waals surface area contributed by atoms with E-state index in [1.807, 2.05) is 0 Å². The Bertz CT molecular complexity index is 502. The van der Waals surface area contributed by atoms with E-state index in [0.717, 1.165) is 5.56 Å². The Labute approximate surface area is 135 Å². The maximum absolute atomic E-state index is 12.8. The summed E-state index contributed by atoms with van der Waals surface area (Å²) in [5.41, 5.74) is 6.18. The zero-order valence-corrected chi connectivity index (χ0v) is 13.1. The van der Waals surface area contributed by atoms with Gasteiger partial charge in [-0.05, 0) is 30.5 Å². The van der Waals surface area contributed by atoms with Gasteiger partial charge in [0.25, 0.3) is 0 Å². The van der Waals surface area contributed by atoms with Crippen molar-refractivity contribution in [3.8, 4) is 0 Å². The molecule has 22 heavy (non-hydrogen) atoms. The van der Waals surface area contributed by atoms with Crippen molar-refractivity contribution in [1.82, 2.24) is 10.2 Å². The van der Waals surface area contributed by atoms with Crippen LogP contribution in [0, 0.1) is 11.7 Å². The first-order valence-electron chi connectivity index (χ1n) is 7.10. The standard InChI is InChI=1S/C15H20FN3O2.ClH/c16-13-3-1-11(2-4-13)10-18-15(21)12-5-7-19(8-6-12)14(20)9-17;/h1-4,12H,5-10,17H2,(H,18,21);1H. The van der Waals surface area contributed by atoms with E-state index < -0.39 is 0 Å². The molecule has 1 aliphatic heterocycles. The van der Waals surface area contributed by atoms with Crippen LogP contribution in [0.2, 0.25) is 0 Å². The summed E-state index contributed by atoms with van der Waals surface area (Å²) in [4.78, 5) is 25.2. The fraction of sp³-hybridized carbons (Fsp3) is 0.467. The first-order valence-corrected chi connectivity index (χ1v) is 7.10.